The fourth-order valence-electron chi connectivity index (χ4n) is 1.71. The average Bonchev–Trinajstić information content (AvgIpc) is 2.44. The van der Waals surface area contributed by atoms with Crippen LogP contribution in [0.1, 0.15) is 30.6 Å². The highest BCUT2D eigenvalue weighted by Crippen LogP contribution is 2.16. The molecule has 112 valence electrons. The molecule has 0 aromatic heterocycles. The number of benzene rings is 1. The fourth-order valence-corrected chi connectivity index (χ4v) is 1.71. The first kappa shape index (κ1) is 16.5. The Hall–Kier alpha value is -2.57. The number of Topliss-reactive ketones (excluding diaryl/α,β-unsaturated/α-hetero) is 2. The number of carbonyl (C=O) groups excluding carboxylic acids is 3. The maximum atomic E-state index is 12.0. The molecule has 1 rings (SSSR count). The lowest BCUT2D eigenvalue weighted by Crippen LogP contribution is -2.27. The third-order valence-corrected chi connectivity index (χ3v) is 2.85. The lowest BCUT2D eigenvalue weighted by molar-refractivity contribution is -0.384. The van der Waals surface area contributed by atoms with Gasteiger partial charge in [-0.15, -0.1) is 0 Å². The number of esters is 1. The van der Waals surface area contributed by atoms with Crippen molar-refractivity contribution in [3.8, 4) is 0 Å². The van der Waals surface area contributed by atoms with Crippen LogP contribution in [-0.4, -0.2) is 29.1 Å². The highest BCUT2D eigenvalue weighted by Gasteiger charge is 2.28. The van der Waals surface area contributed by atoms with Gasteiger partial charge in [-0.25, -0.2) is 0 Å². The van der Waals surface area contributed by atoms with Gasteiger partial charge in [-0.2, -0.15) is 0 Å². The topological polar surface area (TPSA) is 104 Å². The molecule has 0 bridgehead atoms. The van der Waals surface area contributed by atoms with E-state index >= 15 is 0 Å². The Balaban J connectivity index is 2.84. The van der Waals surface area contributed by atoms with Crippen LogP contribution < -0.4 is 0 Å². The van der Waals surface area contributed by atoms with E-state index in [-0.39, 0.29) is 24.3 Å². The van der Waals surface area contributed by atoms with E-state index in [4.69, 9.17) is 4.74 Å². The van der Waals surface area contributed by atoms with Crippen LogP contribution >= 0.6 is 0 Å². The van der Waals surface area contributed by atoms with Gasteiger partial charge in [0.15, 0.2) is 5.78 Å². The molecule has 0 fully saturated rings. The fraction of sp³-hybridized carbons (Fsp3) is 0.357. The molecule has 0 N–H and O–H groups in total. The van der Waals surface area contributed by atoms with Crippen molar-refractivity contribution < 1.29 is 24.0 Å². The molecule has 7 nitrogen and oxygen atoms in total. The van der Waals surface area contributed by atoms with Crippen LogP contribution in [0, 0.1) is 16.0 Å². The van der Waals surface area contributed by atoms with Crippen molar-refractivity contribution >= 4 is 23.2 Å². The molecule has 0 unspecified atom stereocenters. The number of hydrogen-bond acceptors (Lipinski definition) is 6. The van der Waals surface area contributed by atoms with E-state index in [0.29, 0.717) is 0 Å². The molecule has 0 amide bonds. The van der Waals surface area contributed by atoms with Gasteiger partial charge in [-0.1, -0.05) is 0 Å². The molecule has 21 heavy (non-hydrogen) atoms. The van der Waals surface area contributed by atoms with Gasteiger partial charge in [0.1, 0.15) is 11.7 Å². The minimum absolute atomic E-state index is 0.119. The number of rotatable bonds is 7. The number of nitro groups is 1. The number of hydrogen-bond donors (Lipinski definition) is 0. The van der Waals surface area contributed by atoms with E-state index in [9.17, 15) is 24.5 Å². The van der Waals surface area contributed by atoms with Crippen LogP contribution in [0.2, 0.25) is 0 Å². The second-order valence-electron chi connectivity index (χ2n) is 4.35. The van der Waals surface area contributed by atoms with E-state index in [2.05, 4.69) is 0 Å². The van der Waals surface area contributed by atoms with E-state index in [1.807, 2.05) is 0 Å². The first-order valence-corrected chi connectivity index (χ1v) is 6.31. The van der Waals surface area contributed by atoms with Crippen molar-refractivity contribution in [3.63, 3.8) is 0 Å². The smallest absolute Gasteiger partial charge is 0.316 e. The summed E-state index contributed by atoms with van der Waals surface area (Å²) in [6, 6.07) is 4.98. The molecular weight excluding hydrogens is 278 g/mol. The normalized spacial score (nSPS) is 11.5. The molecule has 0 aliphatic carbocycles. The Morgan fingerprint density at radius 3 is 2.24 bits per heavy atom. The highest BCUT2D eigenvalue weighted by atomic mass is 16.6. The molecule has 0 spiro atoms. The molecule has 0 saturated carbocycles. The Morgan fingerprint density at radius 1 is 1.24 bits per heavy atom. The summed E-state index contributed by atoms with van der Waals surface area (Å²) >= 11 is 0. The molecule has 0 aliphatic heterocycles. The van der Waals surface area contributed by atoms with E-state index in [0.717, 1.165) is 0 Å². The minimum Gasteiger partial charge on any atom is -0.465 e. The summed E-state index contributed by atoms with van der Waals surface area (Å²) in [5, 5.41) is 10.5. The molecule has 1 aromatic carbocycles. The van der Waals surface area contributed by atoms with Gasteiger partial charge in [0, 0.05) is 24.1 Å². The van der Waals surface area contributed by atoms with Crippen LogP contribution in [0.25, 0.3) is 0 Å². The lowest BCUT2D eigenvalue weighted by atomic mass is 9.95. The molecule has 0 radical (unpaired) electrons. The van der Waals surface area contributed by atoms with E-state index in [1.165, 1.54) is 31.2 Å². The Kier molecular flexibility index (Phi) is 5.71. The Bertz CT molecular complexity index is 563. The van der Waals surface area contributed by atoms with Crippen LogP contribution in [0.3, 0.4) is 0 Å². The first-order chi connectivity index (χ1) is 9.86. The average molecular weight is 293 g/mol. The summed E-state index contributed by atoms with van der Waals surface area (Å²) in [6.07, 6.45) is -0.314. The van der Waals surface area contributed by atoms with Gasteiger partial charge in [-0.05, 0) is 26.0 Å². The van der Waals surface area contributed by atoms with Crippen LogP contribution in [-0.2, 0) is 14.3 Å². The largest absolute Gasteiger partial charge is 0.465 e. The lowest BCUT2D eigenvalue weighted by Gasteiger charge is -2.11. The minimum atomic E-state index is -1.15. The maximum Gasteiger partial charge on any atom is 0.316 e. The molecular formula is C14H15NO6. The van der Waals surface area contributed by atoms with Crippen molar-refractivity contribution in [2.75, 3.05) is 6.61 Å². The van der Waals surface area contributed by atoms with E-state index in [1.54, 1.807) is 6.92 Å². The van der Waals surface area contributed by atoms with Gasteiger partial charge in [-0.3, -0.25) is 24.5 Å². The van der Waals surface area contributed by atoms with Crippen LogP contribution in [0.15, 0.2) is 24.3 Å². The summed E-state index contributed by atoms with van der Waals surface area (Å²) < 4.78 is 4.75. The molecule has 0 saturated heterocycles. The number of non-ortho nitro benzene ring substituents is 1. The van der Waals surface area contributed by atoms with Crippen molar-refractivity contribution in [2.45, 2.75) is 20.3 Å². The van der Waals surface area contributed by atoms with Crippen LogP contribution in [0.4, 0.5) is 5.69 Å². The number of nitrogens with zero attached hydrogens (tertiary/aromatic N) is 1. The number of ether oxygens (including phenoxy) is 1. The summed E-state index contributed by atoms with van der Waals surface area (Å²) in [4.78, 5) is 45.0. The number of nitro benzene ring substituents is 1. The van der Waals surface area contributed by atoms with Gasteiger partial charge >= 0.3 is 5.97 Å². The second kappa shape index (κ2) is 7.28. The van der Waals surface area contributed by atoms with Gasteiger partial charge in [0.05, 0.1) is 11.5 Å². The molecule has 0 heterocycles. The number of carbonyl (C=O) groups is 3. The first-order valence-electron chi connectivity index (χ1n) is 6.31. The molecule has 1 atom stereocenters. The highest BCUT2D eigenvalue weighted by molar-refractivity contribution is 6.05. The maximum absolute atomic E-state index is 12.0. The summed E-state index contributed by atoms with van der Waals surface area (Å²) in [6.45, 7) is 2.94. The third kappa shape index (κ3) is 4.48. The predicted octanol–water partition coefficient (Wildman–Crippen LogP) is 1.94. The molecule has 1 aromatic rings. The van der Waals surface area contributed by atoms with Gasteiger partial charge in [0.2, 0.25) is 0 Å². The monoisotopic (exact) mass is 293 g/mol. The second-order valence-corrected chi connectivity index (χ2v) is 4.35. The van der Waals surface area contributed by atoms with Crippen molar-refractivity contribution in [1.82, 2.24) is 0 Å². The predicted molar refractivity (Wildman–Crippen MR) is 72.8 cm³/mol. The Morgan fingerprint density at radius 2 is 1.81 bits per heavy atom. The number of ketones is 2. The van der Waals surface area contributed by atoms with Crippen molar-refractivity contribution in [2.24, 2.45) is 5.92 Å². The summed E-state index contributed by atoms with van der Waals surface area (Å²) in [5.41, 5.74) is 0.0659. The quantitative estimate of drug-likeness (QED) is 0.250. The third-order valence-electron chi connectivity index (χ3n) is 2.85. The standard InChI is InChI=1S/C14H15NO6/c1-3-21-14(18)12(9(2)16)8-13(17)10-4-6-11(7-5-10)15(19)20/h4-7,12H,3,8H2,1-2H3/t12-/m0/s1. The zero-order valence-corrected chi connectivity index (χ0v) is 11.7. The molecule has 7 heteroatoms. The van der Waals surface area contributed by atoms with Crippen molar-refractivity contribution in [1.29, 1.82) is 0 Å². The zero-order chi connectivity index (χ0) is 16.0. The van der Waals surface area contributed by atoms with Crippen LogP contribution in [0.5, 0.6) is 0 Å². The Labute approximate surface area is 121 Å². The summed E-state index contributed by atoms with van der Waals surface area (Å²) in [7, 11) is 0. The van der Waals surface area contributed by atoms with Gasteiger partial charge in [0.25, 0.3) is 5.69 Å². The SMILES string of the molecule is CCOC(=O)[C@@H](CC(=O)c1ccc([N+](=O)[O-])cc1)C(C)=O. The van der Waals surface area contributed by atoms with E-state index < -0.39 is 28.4 Å². The van der Waals surface area contributed by atoms with Gasteiger partial charge < -0.3 is 4.74 Å². The zero-order valence-electron chi connectivity index (χ0n) is 11.7. The molecule has 0 aliphatic rings. The summed E-state index contributed by atoms with van der Waals surface area (Å²) in [5.74, 6) is -2.78. The van der Waals surface area contributed by atoms with Crippen molar-refractivity contribution in [3.05, 3.63) is 39.9 Å².